The van der Waals surface area contributed by atoms with Gasteiger partial charge in [0.05, 0.1) is 52.2 Å². The lowest BCUT2D eigenvalue weighted by Gasteiger charge is -2.30. The number of nitrogens with zero attached hydrogens (tertiary/aromatic N) is 10. The predicted octanol–water partition coefficient (Wildman–Crippen LogP) is 22.5. The number of carbonyl (C=O) groups is 2. The van der Waals surface area contributed by atoms with Crippen LogP contribution in [0, 0.1) is 47.4 Å². The molecule has 0 radical (unpaired) electrons. The van der Waals surface area contributed by atoms with Crippen LogP contribution in [0.2, 0.25) is 10.0 Å². The molecule has 0 bridgehead atoms. The number of urea groups is 1. The zero-order valence-electron chi connectivity index (χ0n) is 81.9. The summed E-state index contributed by atoms with van der Waals surface area (Å²) in [5.41, 5.74) is 12.3. The summed E-state index contributed by atoms with van der Waals surface area (Å²) in [6.07, 6.45) is 3.08. The Labute approximate surface area is 843 Å². The monoisotopic (exact) mass is 2020 g/mol. The molecule has 3 aliphatic rings. The van der Waals surface area contributed by atoms with Crippen molar-refractivity contribution >= 4 is 111 Å². The SMILES string of the molecule is CC.CN1c2c(oc(=O)n(-c3ccccn3)c2=O)-c2ccccc2S1(=O)=O.CN1c2c(oc(=O)n(-c3ccccn3)c2=O)-c2ccccc2S1(=O)=O.COc1ccc2c(c1)c(C)c(C)n2C(=O)c1ccc(Cl)cc1.Cc1ccc(-c2ccccc2)c(F)c1.Cc1ccc(-n2nc(C(C)(C)C)cc2NC(=O)Nc2ccc(OCCN3CCOC(C)C3)c3ccccc23)cc1.Cc1ccccc1Nc1cccc(Cl)c1C. The molecule has 17 aromatic rings. The minimum Gasteiger partial charge on any atom is -0.497 e. The Morgan fingerprint density at radius 3 is 1.67 bits per heavy atom. The van der Waals surface area contributed by atoms with E-state index in [1.54, 1.807) is 95.2 Å². The third kappa shape index (κ3) is 23.1. The second-order valence-electron chi connectivity index (χ2n) is 34.6. The van der Waals surface area contributed by atoms with Crippen LogP contribution in [0.1, 0.15) is 91.1 Å². The molecule has 1 unspecified atom stereocenters. The normalized spacial score (nSPS) is 13.4. The number of benzene rings is 11. The van der Waals surface area contributed by atoms with Gasteiger partial charge in [-0.25, -0.2) is 50.3 Å². The number of nitrogens with one attached hydrogen (secondary N) is 3. The number of morpholine rings is 1. The van der Waals surface area contributed by atoms with E-state index >= 15 is 0 Å². The zero-order valence-corrected chi connectivity index (χ0v) is 85.1. The molecule has 20 rings (SSSR count). The van der Waals surface area contributed by atoms with Crippen molar-refractivity contribution in [2.75, 3.05) is 78.6 Å². The molecule has 1 fully saturated rings. The molecule has 740 valence electrons. The minimum absolute atomic E-state index is 0.0249. The number of fused-ring (bicyclic) bond motifs is 8. The van der Waals surface area contributed by atoms with Gasteiger partial charge in [-0.05, 0) is 216 Å². The van der Waals surface area contributed by atoms with Crippen LogP contribution in [0.4, 0.5) is 43.4 Å². The van der Waals surface area contributed by atoms with E-state index in [-0.39, 0.29) is 84.7 Å². The number of pyridine rings is 2. The van der Waals surface area contributed by atoms with Crippen molar-refractivity contribution in [1.82, 2.24) is 38.3 Å². The Balaban J connectivity index is 0.000000141. The number of para-hydroxylation sites is 1. The number of carbonyl (C=O) groups excluding carboxylic acids is 2. The number of amides is 2. The zero-order chi connectivity index (χ0) is 103. The van der Waals surface area contributed by atoms with Gasteiger partial charge >= 0.3 is 17.5 Å². The molecule has 1 atom stereocenters. The molecule has 28 nitrogen and oxygen atoms in total. The van der Waals surface area contributed by atoms with Crippen LogP contribution in [-0.2, 0) is 30.2 Å². The highest BCUT2D eigenvalue weighted by atomic mass is 35.5. The topological polar surface area (TPSA) is 329 Å². The summed E-state index contributed by atoms with van der Waals surface area (Å²) in [5.74, 6) is 0.0472. The molecule has 33 heteroatoms. The number of halogens is 3. The van der Waals surface area contributed by atoms with Gasteiger partial charge in [0, 0.05) is 123 Å². The Hall–Kier alpha value is -15.6. The number of aromatic nitrogens is 7. The van der Waals surface area contributed by atoms with Crippen molar-refractivity contribution in [3.8, 4) is 62.6 Å². The number of rotatable bonds is 14. The molecular formula is C111H108Cl2FN13O15S2. The summed E-state index contributed by atoms with van der Waals surface area (Å²) in [4.78, 5) is 86.9. The number of hydrogen-bond donors (Lipinski definition) is 3. The Bertz CT molecular complexity index is 7890. The predicted molar refractivity (Wildman–Crippen MR) is 567 cm³/mol. The molecule has 0 saturated carbocycles. The first kappa shape index (κ1) is 104. The summed E-state index contributed by atoms with van der Waals surface area (Å²) in [5, 5.41) is 18.6. The lowest BCUT2D eigenvalue weighted by atomic mass is 9.92. The van der Waals surface area contributed by atoms with Gasteiger partial charge in [-0.15, -0.1) is 0 Å². The number of anilines is 6. The Kier molecular flexibility index (Phi) is 32.9. The quantitative estimate of drug-likeness (QED) is 0.0910. The average molecular weight is 2020 g/mol. The first-order valence-corrected chi connectivity index (χ1v) is 49.8. The van der Waals surface area contributed by atoms with E-state index in [2.05, 4.69) is 77.6 Å². The molecule has 3 aliphatic heterocycles. The van der Waals surface area contributed by atoms with E-state index < -0.39 is 42.7 Å². The first-order valence-electron chi connectivity index (χ1n) is 46.2. The third-order valence-electron chi connectivity index (χ3n) is 23.9. The van der Waals surface area contributed by atoms with Crippen molar-refractivity contribution < 1.29 is 53.9 Å². The average Bonchev–Trinajstić information content (AvgIpc) is 1.08. The fraction of sp³-hybridized carbons (Fsp3) is 0.198. The van der Waals surface area contributed by atoms with E-state index in [0.717, 1.165) is 129 Å². The van der Waals surface area contributed by atoms with E-state index in [0.29, 0.717) is 43.4 Å². The van der Waals surface area contributed by atoms with Crippen LogP contribution in [0.25, 0.3) is 72.8 Å². The van der Waals surface area contributed by atoms with Crippen molar-refractivity contribution in [2.45, 2.75) is 104 Å². The fourth-order valence-corrected chi connectivity index (χ4v) is 19.2. The molecule has 144 heavy (non-hydrogen) atoms. The number of sulfonamides is 2. The second-order valence-corrected chi connectivity index (χ2v) is 39.3. The summed E-state index contributed by atoms with van der Waals surface area (Å²) in [7, 11) is -3.74. The second kappa shape index (κ2) is 45.5. The summed E-state index contributed by atoms with van der Waals surface area (Å²) in [6, 6.07) is 84.6. The standard InChI is InChI=1S/C32H39N5O3.C18H16ClNO2.2C16H11N3O5S.C14H14ClN.C13H11F.C2H6/c1-22-10-12-24(13-11-22)37-30(20-29(35-37)32(3,4)5)34-31(38)33-27-14-15-28(26-9-7-6-8-25(26)27)40-19-17-36-16-18-39-23(2)21-36;1-11-12(2)20(17-9-8-15(22-3)10-16(11)17)18(21)13-4-6-14(19)7-5-13;2*1-18-13-14(10-6-2-3-7-11(10)25(18,22)23)24-16(21)19(15(13)20)12-8-4-5-9-17-12;1-10-6-3-4-8-13(10)16-14-9-5-7-12(15)11(14)2;1-10-7-8-12(13(14)9-10)11-5-3-2-4-6-11;1-2/h6-15,20,23H,16-19,21H2,1-5H3,(H2,33,34,38);4-10H,1-3H3;2*2-9H,1H3;3-9,16H,1-2H3;2-9H,1H3;1-2H3. The van der Waals surface area contributed by atoms with E-state index in [1.165, 1.54) is 68.5 Å². The minimum atomic E-state index is -3.93. The lowest BCUT2D eigenvalue weighted by Crippen LogP contribution is -2.42. The molecular weight excluding hydrogens is 1910 g/mol. The molecule has 6 aromatic heterocycles. The van der Waals surface area contributed by atoms with Gasteiger partial charge in [0.1, 0.15) is 41.4 Å². The van der Waals surface area contributed by atoms with Crippen LogP contribution in [-0.4, -0.2) is 127 Å². The molecule has 9 heterocycles. The van der Waals surface area contributed by atoms with Crippen LogP contribution in [0.5, 0.6) is 11.5 Å². The third-order valence-corrected chi connectivity index (χ3v) is 28.2. The smallest absolute Gasteiger partial charge is 0.428 e. The van der Waals surface area contributed by atoms with Crippen LogP contribution in [0.15, 0.2) is 335 Å². The number of hydrogen-bond acceptors (Lipinski definition) is 20. The maximum Gasteiger partial charge on any atom is 0.428 e. The lowest BCUT2D eigenvalue weighted by molar-refractivity contribution is -0.0213. The molecule has 2 amide bonds. The van der Waals surface area contributed by atoms with Crippen molar-refractivity contribution in [3.63, 3.8) is 0 Å². The summed E-state index contributed by atoms with van der Waals surface area (Å²) >= 11 is 12.0. The fourth-order valence-electron chi connectivity index (χ4n) is 16.1. The van der Waals surface area contributed by atoms with Crippen LogP contribution in [0.3, 0.4) is 0 Å². The van der Waals surface area contributed by atoms with Crippen LogP contribution < -0.4 is 56.7 Å². The maximum absolute atomic E-state index is 13.5. The molecule has 3 N–H and O–H groups in total. The Morgan fingerprint density at radius 2 is 1.10 bits per heavy atom. The maximum atomic E-state index is 13.5. The highest BCUT2D eigenvalue weighted by Gasteiger charge is 2.40. The van der Waals surface area contributed by atoms with Gasteiger partial charge in [-0.1, -0.05) is 203 Å². The van der Waals surface area contributed by atoms with E-state index in [9.17, 15) is 50.0 Å². The van der Waals surface area contributed by atoms with Gasteiger partial charge in [-0.2, -0.15) is 14.2 Å². The van der Waals surface area contributed by atoms with Crippen molar-refractivity contribution in [3.05, 3.63) is 400 Å². The summed E-state index contributed by atoms with van der Waals surface area (Å²) in [6.45, 7) is 28.5. The highest BCUT2D eigenvalue weighted by molar-refractivity contribution is 7.93. The summed E-state index contributed by atoms with van der Waals surface area (Å²) < 4.78 is 98.7. The number of aryl methyl sites for hydroxylation is 4. The largest absolute Gasteiger partial charge is 0.497 e. The molecule has 1 saturated heterocycles. The van der Waals surface area contributed by atoms with Crippen molar-refractivity contribution in [1.29, 1.82) is 0 Å². The van der Waals surface area contributed by atoms with Crippen molar-refractivity contribution in [2.24, 2.45) is 0 Å². The van der Waals surface area contributed by atoms with Gasteiger partial charge in [0.15, 0.2) is 22.9 Å². The molecule has 11 aromatic carbocycles. The van der Waals surface area contributed by atoms with Crippen LogP contribution >= 0.6 is 23.2 Å². The van der Waals surface area contributed by atoms with Gasteiger partial charge < -0.3 is 33.7 Å². The first-order chi connectivity index (χ1) is 69.0. The number of ether oxygens (including phenoxy) is 3. The molecule has 0 aliphatic carbocycles. The van der Waals surface area contributed by atoms with E-state index in [4.69, 9.17) is 51.3 Å². The van der Waals surface area contributed by atoms with Gasteiger partial charge in [-0.3, -0.25) is 37.8 Å². The number of methoxy groups -OCH3 is 1. The highest BCUT2D eigenvalue weighted by Crippen LogP contribution is 2.43. The van der Waals surface area contributed by atoms with Gasteiger partial charge in [0.25, 0.3) is 37.1 Å². The molecule has 0 spiro atoms. The van der Waals surface area contributed by atoms with E-state index in [1.807, 2.05) is 206 Å². The Morgan fingerprint density at radius 1 is 0.549 bits per heavy atom. The van der Waals surface area contributed by atoms with Gasteiger partial charge in [0.2, 0.25) is 0 Å².